The largest absolute Gasteiger partial charge is 0.508 e. The van der Waals surface area contributed by atoms with Gasteiger partial charge >= 0.3 is 15.7 Å². The van der Waals surface area contributed by atoms with Gasteiger partial charge in [-0.2, -0.15) is 0 Å². The molecule has 1 aromatic rings. The lowest BCUT2D eigenvalue weighted by atomic mass is 9.91. The first-order valence-corrected chi connectivity index (χ1v) is 7.50. The van der Waals surface area contributed by atoms with Crippen molar-refractivity contribution in [1.82, 2.24) is 0 Å². The number of hydrogen-bond acceptors (Lipinski definition) is 2. The van der Waals surface area contributed by atoms with Crippen LogP contribution >= 0.6 is 0 Å². The van der Waals surface area contributed by atoms with Crippen molar-refractivity contribution in [2.45, 2.75) is 46.5 Å². The van der Waals surface area contributed by atoms with E-state index in [-0.39, 0.29) is 15.7 Å². The molecule has 0 atom stereocenters. The van der Waals surface area contributed by atoms with Crippen LogP contribution in [0.3, 0.4) is 0 Å². The van der Waals surface area contributed by atoms with Crippen LogP contribution in [0.5, 0.6) is 0 Å². The minimum absolute atomic E-state index is 0.0479. The number of carbonyl (C=O) groups is 1. The Balaban J connectivity index is 3.03. The van der Waals surface area contributed by atoms with Crippen molar-refractivity contribution in [3.8, 4) is 0 Å². The number of carbonyl (C=O) groups excluding carboxylic acids is 1. The van der Waals surface area contributed by atoms with Crippen LogP contribution in [0, 0.1) is 0 Å². The van der Waals surface area contributed by atoms with E-state index in [1.165, 1.54) is 11.1 Å². The average Bonchev–Trinajstić information content (AvgIpc) is 2.34. The van der Waals surface area contributed by atoms with Gasteiger partial charge in [0.15, 0.2) is 0 Å². The minimum Gasteiger partial charge on any atom is -0.508 e. The van der Waals surface area contributed by atoms with E-state index in [0.29, 0.717) is 17.4 Å². The van der Waals surface area contributed by atoms with Crippen LogP contribution in [-0.4, -0.2) is 15.7 Å². The fourth-order valence-corrected chi connectivity index (χ4v) is 3.09. The Morgan fingerprint density at radius 3 is 2.32 bits per heavy atom. The third-order valence-corrected chi connectivity index (χ3v) is 3.88. The maximum atomic E-state index is 11.5. The second-order valence-electron chi connectivity index (χ2n) is 5.39. The van der Waals surface area contributed by atoms with E-state index in [1.54, 1.807) is 6.92 Å². The zero-order valence-corrected chi connectivity index (χ0v) is 13.4. The number of hydrogen-bond donors (Lipinski definition) is 0. The van der Waals surface area contributed by atoms with Gasteiger partial charge in [0.1, 0.15) is 0 Å². The van der Waals surface area contributed by atoms with Gasteiger partial charge < -0.3 is 4.43 Å². The van der Waals surface area contributed by atoms with Crippen LogP contribution in [0.25, 0.3) is 0 Å². The van der Waals surface area contributed by atoms with Crippen molar-refractivity contribution in [2.24, 2.45) is 0 Å². The summed E-state index contributed by atoms with van der Waals surface area (Å²) < 4.78 is 5.30. The summed E-state index contributed by atoms with van der Waals surface area (Å²) in [4.78, 5) is 11.5. The molecule has 0 bridgehead atoms. The Hall–Kier alpha value is -1.35. The summed E-state index contributed by atoms with van der Waals surface area (Å²) in [6, 6.07) is 6.25. The summed E-state index contributed by atoms with van der Waals surface area (Å²) in [7, 11) is 0.0479. The van der Waals surface area contributed by atoms with Crippen molar-refractivity contribution < 1.29 is 9.22 Å². The van der Waals surface area contributed by atoms with E-state index in [1.807, 2.05) is 12.1 Å². The lowest BCUT2D eigenvalue weighted by Crippen LogP contribution is -2.27. The van der Waals surface area contributed by atoms with Gasteiger partial charge in [-0.15, -0.1) is 0 Å². The van der Waals surface area contributed by atoms with E-state index in [0.717, 1.165) is 5.19 Å². The molecule has 1 rings (SSSR count). The molecule has 0 spiro atoms. The minimum atomic E-state index is -0.317. The van der Waals surface area contributed by atoms with Crippen LogP contribution in [0.2, 0.25) is 0 Å². The SMILES string of the molecule is C=C(C)C(=O)O[Si]c1cccc(C(C)C)c1C(C)C. The second kappa shape index (κ2) is 6.71. The van der Waals surface area contributed by atoms with Crippen LogP contribution < -0.4 is 5.19 Å². The zero-order chi connectivity index (χ0) is 14.6. The van der Waals surface area contributed by atoms with Gasteiger partial charge in [-0.05, 0) is 35.1 Å². The Morgan fingerprint density at radius 2 is 1.84 bits per heavy atom. The van der Waals surface area contributed by atoms with Crippen molar-refractivity contribution in [3.05, 3.63) is 41.5 Å². The van der Waals surface area contributed by atoms with Crippen LogP contribution in [0.1, 0.15) is 57.6 Å². The summed E-state index contributed by atoms with van der Waals surface area (Å²) in [6.07, 6.45) is 0. The molecule has 2 nitrogen and oxygen atoms in total. The summed E-state index contributed by atoms with van der Waals surface area (Å²) in [5, 5.41) is 1.12. The van der Waals surface area contributed by atoms with E-state index in [4.69, 9.17) is 4.43 Å². The van der Waals surface area contributed by atoms with E-state index >= 15 is 0 Å². The van der Waals surface area contributed by atoms with Gasteiger partial charge in [0.25, 0.3) is 0 Å². The molecule has 102 valence electrons. The lowest BCUT2D eigenvalue weighted by Gasteiger charge is -2.19. The van der Waals surface area contributed by atoms with Crippen LogP contribution in [-0.2, 0) is 9.22 Å². The fourth-order valence-electron chi connectivity index (χ4n) is 2.01. The van der Waals surface area contributed by atoms with Crippen molar-refractivity contribution >= 4 is 20.9 Å². The topological polar surface area (TPSA) is 26.3 Å². The molecule has 0 amide bonds. The van der Waals surface area contributed by atoms with Gasteiger partial charge in [0, 0.05) is 5.57 Å². The Bertz CT molecular complexity index is 476. The predicted octanol–water partition coefficient (Wildman–Crippen LogP) is 3.30. The fraction of sp³-hybridized carbons (Fsp3) is 0.438. The summed E-state index contributed by atoms with van der Waals surface area (Å²) in [6.45, 7) is 14.0. The molecule has 19 heavy (non-hydrogen) atoms. The first-order chi connectivity index (χ1) is 8.84. The number of benzene rings is 1. The molecule has 0 aliphatic rings. The van der Waals surface area contributed by atoms with Crippen LogP contribution in [0.15, 0.2) is 30.4 Å². The van der Waals surface area contributed by atoms with Gasteiger partial charge in [-0.25, -0.2) is 4.79 Å². The van der Waals surface area contributed by atoms with E-state index in [9.17, 15) is 4.79 Å². The normalized spacial score (nSPS) is 10.9. The Labute approximate surface area is 118 Å². The molecule has 0 saturated carbocycles. The van der Waals surface area contributed by atoms with Gasteiger partial charge in [-0.1, -0.05) is 52.5 Å². The molecule has 0 fully saturated rings. The molecule has 3 heteroatoms. The molecule has 0 heterocycles. The molecule has 0 N–H and O–H groups in total. The van der Waals surface area contributed by atoms with E-state index < -0.39 is 0 Å². The molecule has 2 radical (unpaired) electrons. The molecule has 1 aromatic carbocycles. The van der Waals surface area contributed by atoms with Gasteiger partial charge in [0.2, 0.25) is 0 Å². The Morgan fingerprint density at radius 1 is 1.21 bits per heavy atom. The highest BCUT2D eigenvalue weighted by Gasteiger charge is 2.17. The highest BCUT2D eigenvalue weighted by atomic mass is 28.2. The van der Waals surface area contributed by atoms with Crippen LogP contribution in [0.4, 0.5) is 0 Å². The summed E-state index contributed by atoms with van der Waals surface area (Å²) in [5.74, 6) is 0.576. The first-order valence-electron chi connectivity index (χ1n) is 6.60. The zero-order valence-electron chi connectivity index (χ0n) is 12.4. The highest BCUT2D eigenvalue weighted by Crippen LogP contribution is 2.24. The maximum Gasteiger partial charge on any atom is 0.356 e. The van der Waals surface area contributed by atoms with Crippen molar-refractivity contribution in [3.63, 3.8) is 0 Å². The smallest absolute Gasteiger partial charge is 0.356 e. The average molecular weight is 274 g/mol. The molecule has 0 saturated heterocycles. The van der Waals surface area contributed by atoms with Gasteiger partial charge in [0.05, 0.1) is 0 Å². The quantitative estimate of drug-likeness (QED) is 0.608. The number of rotatable bonds is 5. The predicted molar refractivity (Wildman–Crippen MR) is 80.9 cm³/mol. The third kappa shape index (κ3) is 4.06. The highest BCUT2D eigenvalue weighted by molar-refractivity contribution is 6.50. The summed E-state index contributed by atoms with van der Waals surface area (Å²) in [5.41, 5.74) is 3.09. The molecule has 0 aliphatic carbocycles. The summed E-state index contributed by atoms with van der Waals surface area (Å²) >= 11 is 0. The second-order valence-corrected chi connectivity index (χ2v) is 6.34. The lowest BCUT2D eigenvalue weighted by molar-refractivity contribution is -0.129. The molecule has 0 aromatic heterocycles. The maximum absolute atomic E-state index is 11.5. The molecular weight excluding hydrogens is 252 g/mol. The third-order valence-electron chi connectivity index (χ3n) is 2.94. The standard InChI is InChI=1S/C16H22O2Si/c1-10(2)13-8-7-9-14(15(13)11(3)4)19-18-16(17)12(5)6/h7-11H,5H2,1-4,6H3. The molecular formula is C16H22O2Si. The molecule has 0 unspecified atom stereocenters. The van der Waals surface area contributed by atoms with E-state index in [2.05, 4.69) is 40.3 Å². The molecule has 0 aliphatic heterocycles. The first kappa shape index (κ1) is 15.7. The Kier molecular flexibility index (Phi) is 5.55. The van der Waals surface area contributed by atoms with Gasteiger partial charge in [-0.3, -0.25) is 0 Å². The van der Waals surface area contributed by atoms with Crippen molar-refractivity contribution in [1.29, 1.82) is 0 Å². The monoisotopic (exact) mass is 274 g/mol. The van der Waals surface area contributed by atoms with Crippen molar-refractivity contribution in [2.75, 3.05) is 0 Å².